The molecule has 1 aliphatic heterocycles. The SMILES string of the molecule is O=C(c1nc(Cl)ccc1Cl)N1CC2CCCC(C2)C1. The summed E-state index contributed by atoms with van der Waals surface area (Å²) in [6, 6.07) is 3.24. The molecule has 0 aromatic carbocycles. The van der Waals surface area contributed by atoms with Crippen molar-refractivity contribution in [2.45, 2.75) is 25.7 Å². The van der Waals surface area contributed by atoms with Crippen LogP contribution in [0.25, 0.3) is 0 Å². The molecule has 2 unspecified atom stereocenters. The molecule has 1 amide bonds. The van der Waals surface area contributed by atoms with Crippen molar-refractivity contribution in [3.05, 3.63) is 28.0 Å². The van der Waals surface area contributed by atoms with Crippen molar-refractivity contribution in [2.75, 3.05) is 13.1 Å². The molecule has 3 rings (SSSR count). The van der Waals surface area contributed by atoms with Crippen LogP contribution in [0.4, 0.5) is 0 Å². The van der Waals surface area contributed by atoms with Gasteiger partial charge in [-0.15, -0.1) is 0 Å². The topological polar surface area (TPSA) is 33.2 Å². The van der Waals surface area contributed by atoms with E-state index in [1.54, 1.807) is 12.1 Å². The molecule has 1 saturated carbocycles. The zero-order valence-corrected chi connectivity index (χ0v) is 12.1. The molecule has 0 spiro atoms. The second-order valence-corrected chi connectivity index (χ2v) is 6.37. The number of piperidine rings is 1. The van der Waals surface area contributed by atoms with Gasteiger partial charge in [0.25, 0.3) is 5.91 Å². The first-order chi connectivity index (χ1) is 9.13. The zero-order chi connectivity index (χ0) is 13.4. The molecule has 19 heavy (non-hydrogen) atoms. The molecule has 1 aromatic heterocycles. The van der Waals surface area contributed by atoms with E-state index in [2.05, 4.69) is 4.98 Å². The summed E-state index contributed by atoms with van der Waals surface area (Å²) in [6.07, 6.45) is 5.03. The second kappa shape index (κ2) is 5.29. The molecule has 2 heterocycles. The Morgan fingerprint density at radius 1 is 1.21 bits per heavy atom. The first kappa shape index (κ1) is 13.2. The third-order valence-corrected chi connectivity index (χ3v) is 4.67. The first-order valence-electron chi connectivity index (χ1n) is 6.75. The smallest absolute Gasteiger partial charge is 0.274 e. The molecule has 102 valence electrons. The van der Waals surface area contributed by atoms with E-state index in [1.165, 1.54) is 25.7 Å². The van der Waals surface area contributed by atoms with Crippen LogP contribution in [0.15, 0.2) is 12.1 Å². The summed E-state index contributed by atoms with van der Waals surface area (Å²) in [7, 11) is 0. The molecule has 0 N–H and O–H groups in total. The molecule has 1 aliphatic carbocycles. The summed E-state index contributed by atoms with van der Waals surface area (Å²) >= 11 is 11.9. The summed E-state index contributed by atoms with van der Waals surface area (Å²) in [6.45, 7) is 1.67. The third-order valence-electron chi connectivity index (χ3n) is 4.15. The normalized spacial score (nSPS) is 26.3. The van der Waals surface area contributed by atoms with E-state index in [9.17, 15) is 4.79 Å². The molecule has 1 saturated heterocycles. The lowest BCUT2D eigenvalue weighted by atomic mass is 9.78. The highest BCUT2D eigenvalue weighted by Gasteiger charge is 2.33. The summed E-state index contributed by atoms with van der Waals surface area (Å²) in [5.41, 5.74) is 0.286. The Morgan fingerprint density at radius 3 is 2.58 bits per heavy atom. The number of nitrogens with zero attached hydrogens (tertiary/aromatic N) is 2. The van der Waals surface area contributed by atoms with Crippen molar-refractivity contribution >= 4 is 29.1 Å². The molecule has 3 nitrogen and oxygen atoms in total. The van der Waals surface area contributed by atoms with Crippen molar-refractivity contribution in [1.29, 1.82) is 0 Å². The minimum Gasteiger partial charge on any atom is -0.337 e. The summed E-state index contributed by atoms with van der Waals surface area (Å²) in [5.74, 6) is 1.22. The van der Waals surface area contributed by atoms with E-state index < -0.39 is 0 Å². The number of carbonyl (C=O) groups excluding carboxylic acids is 1. The lowest BCUT2D eigenvalue weighted by Gasteiger charge is -2.41. The lowest BCUT2D eigenvalue weighted by Crippen LogP contribution is -2.46. The maximum atomic E-state index is 12.5. The molecule has 2 aliphatic rings. The fourth-order valence-electron chi connectivity index (χ4n) is 3.32. The number of rotatable bonds is 1. The highest BCUT2D eigenvalue weighted by molar-refractivity contribution is 6.34. The minimum absolute atomic E-state index is 0.0795. The summed E-state index contributed by atoms with van der Waals surface area (Å²) in [4.78, 5) is 18.5. The van der Waals surface area contributed by atoms with Crippen molar-refractivity contribution in [1.82, 2.24) is 9.88 Å². The predicted molar refractivity (Wildman–Crippen MR) is 75.6 cm³/mol. The Hall–Kier alpha value is -0.800. The van der Waals surface area contributed by atoms with Gasteiger partial charge in [-0.05, 0) is 43.2 Å². The maximum Gasteiger partial charge on any atom is 0.274 e. The third kappa shape index (κ3) is 2.72. The maximum absolute atomic E-state index is 12.5. The van der Waals surface area contributed by atoms with Crippen LogP contribution in [-0.2, 0) is 0 Å². The predicted octanol–water partition coefficient (Wildman–Crippen LogP) is 3.65. The van der Waals surface area contributed by atoms with E-state index in [4.69, 9.17) is 23.2 Å². The van der Waals surface area contributed by atoms with E-state index >= 15 is 0 Å². The number of aromatic nitrogens is 1. The van der Waals surface area contributed by atoms with E-state index in [0.717, 1.165) is 13.1 Å². The van der Waals surface area contributed by atoms with Crippen LogP contribution in [0.5, 0.6) is 0 Å². The summed E-state index contributed by atoms with van der Waals surface area (Å²) < 4.78 is 0. The Balaban J connectivity index is 1.82. The van der Waals surface area contributed by atoms with Gasteiger partial charge in [0, 0.05) is 13.1 Å². The average molecular weight is 299 g/mol. The van der Waals surface area contributed by atoms with Gasteiger partial charge in [-0.3, -0.25) is 4.79 Å². The highest BCUT2D eigenvalue weighted by atomic mass is 35.5. The van der Waals surface area contributed by atoms with E-state index in [0.29, 0.717) is 22.0 Å². The Bertz CT molecular complexity index is 494. The van der Waals surface area contributed by atoms with Crippen LogP contribution < -0.4 is 0 Å². The van der Waals surface area contributed by atoms with Gasteiger partial charge in [-0.25, -0.2) is 4.98 Å². The van der Waals surface area contributed by atoms with Gasteiger partial charge < -0.3 is 4.90 Å². The first-order valence-corrected chi connectivity index (χ1v) is 7.50. The van der Waals surface area contributed by atoms with Gasteiger partial charge in [-0.1, -0.05) is 29.6 Å². The fourth-order valence-corrected chi connectivity index (χ4v) is 3.65. The quantitative estimate of drug-likeness (QED) is 0.742. The Kier molecular flexibility index (Phi) is 3.68. The standard InChI is InChI=1S/C14H16Cl2N2O/c15-11-4-5-12(16)17-13(11)14(19)18-7-9-2-1-3-10(6-9)8-18/h4-5,9-10H,1-3,6-8H2. The molecular formula is C14H16Cl2N2O. The fraction of sp³-hybridized carbons (Fsp3) is 0.571. The van der Waals surface area contributed by atoms with Gasteiger partial charge in [0.05, 0.1) is 5.02 Å². The van der Waals surface area contributed by atoms with Crippen molar-refractivity contribution in [3.8, 4) is 0 Å². The van der Waals surface area contributed by atoms with Gasteiger partial charge in [0.1, 0.15) is 10.8 Å². The van der Waals surface area contributed by atoms with E-state index in [1.807, 2.05) is 4.90 Å². The monoisotopic (exact) mass is 298 g/mol. The molecular weight excluding hydrogens is 283 g/mol. The number of pyridine rings is 1. The average Bonchev–Trinajstić information content (AvgIpc) is 2.40. The molecule has 2 bridgehead atoms. The van der Waals surface area contributed by atoms with Crippen LogP contribution in [0, 0.1) is 11.8 Å². The number of likely N-dealkylation sites (tertiary alicyclic amines) is 1. The largest absolute Gasteiger partial charge is 0.337 e. The van der Waals surface area contributed by atoms with Crippen molar-refractivity contribution in [2.24, 2.45) is 11.8 Å². The van der Waals surface area contributed by atoms with Gasteiger partial charge in [-0.2, -0.15) is 0 Å². The molecule has 5 heteroatoms. The summed E-state index contributed by atoms with van der Waals surface area (Å²) in [5, 5.41) is 0.690. The number of amides is 1. The molecule has 0 radical (unpaired) electrons. The van der Waals surface area contributed by atoms with Gasteiger partial charge in [0.15, 0.2) is 0 Å². The van der Waals surface area contributed by atoms with E-state index in [-0.39, 0.29) is 11.6 Å². The Morgan fingerprint density at radius 2 is 1.89 bits per heavy atom. The van der Waals surface area contributed by atoms with Crippen LogP contribution >= 0.6 is 23.2 Å². The van der Waals surface area contributed by atoms with Crippen LogP contribution in [0.2, 0.25) is 10.2 Å². The second-order valence-electron chi connectivity index (χ2n) is 5.57. The Labute approximate surface area is 122 Å². The molecule has 1 aromatic rings. The van der Waals surface area contributed by atoms with Crippen LogP contribution in [0.1, 0.15) is 36.2 Å². The number of fused-ring (bicyclic) bond motifs is 2. The minimum atomic E-state index is -0.0795. The van der Waals surface area contributed by atoms with Crippen LogP contribution in [-0.4, -0.2) is 28.9 Å². The highest BCUT2D eigenvalue weighted by Crippen LogP contribution is 2.35. The number of carbonyl (C=O) groups is 1. The number of halogens is 2. The van der Waals surface area contributed by atoms with Crippen LogP contribution in [0.3, 0.4) is 0 Å². The lowest BCUT2D eigenvalue weighted by molar-refractivity contribution is 0.0499. The van der Waals surface area contributed by atoms with Crippen molar-refractivity contribution in [3.63, 3.8) is 0 Å². The molecule has 2 atom stereocenters. The number of hydrogen-bond acceptors (Lipinski definition) is 2. The number of hydrogen-bond donors (Lipinski definition) is 0. The van der Waals surface area contributed by atoms with Crippen molar-refractivity contribution < 1.29 is 4.79 Å². The van der Waals surface area contributed by atoms with Gasteiger partial charge in [0.2, 0.25) is 0 Å². The zero-order valence-electron chi connectivity index (χ0n) is 10.6. The molecule has 2 fully saturated rings. The van der Waals surface area contributed by atoms with Gasteiger partial charge >= 0.3 is 0 Å².